The number of hydrogen-bond donors (Lipinski definition) is 0. The zero-order valence-electron chi connectivity index (χ0n) is 8.99. The molecule has 0 fully saturated rings. The lowest BCUT2D eigenvalue weighted by Gasteiger charge is -2.13. The Labute approximate surface area is 166 Å². The van der Waals surface area contributed by atoms with Crippen molar-refractivity contribution in [2.75, 3.05) is 0 Å². The summed E-state index contributed by atoms with van der Waals surface area (Å²) in [5.41, 5.74) is 0. The average Bonchev–Trinajstić information content (AvgIpc) is 2.41. The SMILES string of the molecule is Brc1ccccc1Sc1c(Br)c(Br)c(Br)c(Br)c1Br. The van der Waals surface area contributed by atoms with Gasteiger partial charge in [0.25, 0.3) is 0 Å². The summed E-state index contributed by atoms with van der Waals surface area (Å²) < 4.78 is 6.04. The van der Waals surface area contributed by atoms with Crippen LogP contribution in [-0.4, -0.2) is 0 Å². The lowest BCUT2D eigenvalue weighted by molar-refractivity contribution is 1.27. The molecule has 7 heteroatoms. The molecular formula is C12H4Br6S. The van der Waals surface area contributed by atoms with Crippen molar-refractivity contribution >= 4 is 107 Å². The summed E-state index contributed by atoms with van der Waals surface area (Å²) in [6.45, 7) is 0. The van der Waals surface area contributed by atoms with Gasteiger partial charge in [-0.3, -0.25) is 0 Å². The summed E-state index contributed by atoms with van der Waals surface area (Å²) in [5, 5.41) is 0. The summed E-state index contributed by atoms with van der Waals surface area (Å²) in [5.74, 6) is 0. The van der Waals surface area contributed by atoms with Crippen molar-refractivity contribution in [2.24, 2.45) is 0 Å². The van der Waals surface area contributed by atoms with Crippen LogP contribution in [0.15, 0.2) is 60.9 Å². The smallest absolute Gasteiger partial charge is 0.0483 e. The zero-order valence-corrected chi connectivity index (χ0v) is 19.3. The average molecular weight is 660 g/mol. The molecular weight excluding hydrogens is 656 g/mol. The van der Waals surface area contributed by atoms with Crippen molar-refractivity contribution in [3.05, 3.63) is 51.1 Å². The Morgan fingerprint density at radius 2 is 1.11 bits per heavy atom. The van der Waals surface area contributed by atoms with Crippen molar-refractivity contribution in [1.82, 2.24) is 0 Å². The summed E-state index contributed by atoms with van der Waals surface area (Å²) in [7, 11) is 0. The number of rotatable bonds is 2. The molecule has 2 rings (SSSR count). The standard InChI is InChI=1S/C12H4Br6S/c13-5-3-1-2-4-6(5)19-12-10(17)8(15)7(14)9(16)11(12)18/h1-4H. The Kier molecular flexibility index (Phi) is 6.53. The molecule has 0 aliphatic carbocycles. The van der Waals surface area contributed by atoms with Gasteiger partial charge in [0, 0.05) is 36.6 Å². The van der Waals surface area contributed by atoms with E-state index in [1.165, 1.54) is 0 Å². The minimum atomic E-state index is 0.975. The third-order valence-electron chi connectivity index (χ3n) is 2.22. The highest BCUT2D eigenvalue weighted by atomic mass is 79.9. The maximum Gasteiger partial charge on any atom is 0.0483 e. The molecule has 0 aliphatic rings. The fraction of sp³-hybridized carbons (Fsp3) is 0. The monoisotopic (exact) mass is 654 g/mol. The topological polar surface area (TPSA) is 0 Å². The third-order valence-corrected chi connectivity index (χ3v) is 11.0. The minimum absolute atomic E-state index is 0.975. The van der Waals surface area contributed by atoms with Crippen LogP contribution in [0.2, 0.25) is 0 Å². The lowest BCUT2D eigenvalue weighted by atomic mass is 10.4. The molecule has 0 saturated heterocycles. The van der Waals surface area contributed by atoms with Gasteiger partial charge in [0.1, 0.15) is 0 Å². The zero-order chi connectivity index (χ0) is 14.2. The van der Waals surface area contributed by atoms with Crippen LogP contribution < -0.4 is 0 Å². The molecule has 0 heterocycles. The van der Waals surface area contributed by atoms with Crippen molar-refractivity contribution in [1.29, 1.82) is 0 Å². The van der Waals surface area contributed by atoms with Crippen molar-refractivity contribution in [3.63, 3.8) is 0 Å². The maximum absolute atomic E-state index is 3.63. The van der Waals surface area contributed by atoms with E-state index in [2.05, 4.69) is 102 Å². The van der Waals surface area contributed by atoms with Gasteiger partial charge >= 0.3 is 0 Å². The molecule has 19 heavy (non-hydrogen) atoms. The molecule has 0 nitrogen and oxygen atoms in total. The van der Waals surface area contributed by atoms with Gasteiger partial charge in [-0.25, -0.2) is 0 Å². The van der Waals surface area contributed by atoms with Crippen LogP contribution in [0.3, 0.4) is 0 Å². The lowest BCUT2D eigenvalue weighted by Crippen LogP contribution is -1.86. The number of benzene rings is 2. The van der Waals surface area contributed by atoms with Gasteiger partial charge in [0.2, 0.25) is 0 Å². The van der Waals surface area contributed by atoms with Gasteiger partial charge < -0.3 is 0 Å². The first-order valence-electron chi connectivity index (χ1n) is 4.87. The summed E-state index contributed by atoms with van der Waals surface area (Å²) in [6.07, 6.45) is 0. The Morgan fingerprint density at radius 1 is 0.632 bits per heavy atom. The van der Waals surface area contributed by atoms with Crippen LogP contribution in [0, 0.1) is 0 Å². The van der Waals surface area contributed by atoms with Gasteiger partial charge in [-0.15, -0.1) is 0 Å². The summed E-state index contributed by atoms with van der Waals surface area (Å²) >= 11 is 23.2. The maximum atomic E-state index is 3.63. The summed E-state index contributed by atoms with van der Waals surface area (Å²) in [4.78, 5) is 2.26. The normalized spacial score (nSPS) is 10.8. The first kappa shape index (κ1) is 17.0. The van der Waals surface area contributed by atoms with E-state index >= 15 is 0 Å². The highest BCUT2D eigenvalue weighted by molar-refractivity contribution is 9.15. The molecule has 0 saturated carbocycles. The number of hydrogen-bond acceptors (Lipinski definition) is 1. The molecule has 100 valence electrons. The van der Waals surface area contributed by atoms with E-state index in [1.807, 2.05) is 18.2 Å². The van der Waals surface area contributed by atoms with E-state index in [0.29, 0.717) is 0 Å². The molecule has 2 aromatic carbocycles. The van der Waals surface area contributed by atoms with E-state index in [0.717, 1.165) is 36.6 Å². The summed E-state index contributed by atoms with van der Waals surface area (Å²) in [6, 6.07) is 8.15. The fourth-order valence-electron chi connectivity index (χ4n) is 1.31. The van der Waals surface area contributed by atoms with Crippen LogP contribution in [-0.2, 0) is 0 Å². The van der Waals surface area contributed by atoms with Crippen molar-refractivity contribution in [3.8, 4) is 0 Å². The van der Waals surface area contributed by atoms with Crippen molar-refractivity contribution in [2.45, 2.75) is 9.79 Å². The highest BCUT2D eigenvalue weighted by Crippen LogP contribution is 2.50. The van der Waals surface area contributed by atoms with Crippen LogP contribution in [0.25, 0.3) is 0 Å². The Morgan fingerprint density at radius 3 is 1.63 bits per heavy atom. The molecule has 0 aromatic heterocycles. The predicted octanol–water partition coefficient (Wildman–Crippen LogP) is 8.41. The first-order valence-corrected chi connectivity index (χ1v) is 10.4. The van der Waals surface area contributed by atoms with Gasteiger partial charge in [0.15, 0.2) is 0 Å². The van der Waals surface area contributed by atoms with Gasteiger partial charge in [-0.1, -0.05) is 23.9 Å². The van der Waals surface area contributed by atoms with E-state index in [4.69, 9.17) is 0 Å². The van der Waals surface area contributed by atoms with E-state index in [1.54, 1.807) is 11.8 Å². The second-order valence-electron chi connectivity index (χ2n) is 3.43. The third kappa shape index (κ3) is 3.71. The van der Waals surface area contributed by atoms with Crippen molar-refractivity contribution < 1.29 is 0 Å². The van der Waals surface area contributed by atoms with Gasteiger partial charge in [-0.2, -0.15) is 0 Å². The molecule has 0 aliphatic heterocycles. The molecule has 2 aromatic rings. The molecule has 0 spiro atoms. The van der Waals surface area contributed by atoms with E-state index in [-0.39, 0.29) is 0 Å². The molecule has 0 N–H and O–H groups in total. The van der Waals surface area contributed by atoms with Crippen LogP contribution in [0.5, 0.6) is 0 Å². The Balaban J connectivity index is 2.56. The van der Waals surface area contributed by atoms with Gasteiger partial charge in [-0.05, 0) is 108 Å². The Hall–Kier alpha value is 1.67. The molecule has 0 amide bonds. The Bertz CT molecular complexity index is 611. The van der Waals surface area contributed by atoms with E-state index < -0.39 is 0 Å². The van der Waals surface area contributed by atoms with E-state index in [9.17, 15) is 0 Å². The predicted molar refractivity (Wildman–Crippen MR) is 103 cm³/mol. The van der Waals surface area contributed by atoms with Crippen LogP contribution in [0.4, 0.5) is 0 Å². The fourth-order valence-corrected chi connectivity index (χ4v) is 6.55. The first-order chi connectivity index (χ1) is 8.93. The minimum Gasteiger partial charge on any atom is -0.0864 e. The number of halogens is 6. The molecule has 0 atom stereocenters. The second-order valence-corrected chi connectivity index (χ2v) is 9.30. The molecule has 0 unspecified atom stereocenters. The second kappa shape index (κ2) is 7.29. The quantitative estimate of drug-likeness (QED) is 0.231. The van der Waals surface area contributed by atoms with Crippen LogP contribution in [0.1, 0.15) is 0 Å². The van der Waals surface area contributed by atoms with Gasteiger partial charge in [0.05, 0.1) is 0 Å². The largest absolute Gasteiger partial charge is 0.0864 e. The van der Waals surface area contributed by atoms with Crippen LogP contribution >= 0.6 is 107 Å². The highest BCUT2D eigenvalue weighted by Gasteiger charge is 2.19. The molecule has 0 radical (unpaired) electrons. The molecule has 0 bridgehead atoms.